The van der Waals surface area contributed by atoms with Crippen LogP contribution in [0, 0.1) is 5.92 Å². The van der Waals surface area contributed by atoms with Crippen LogP contribution in [-0.2, 0) is 11.0 Å². The van der Waals surface area contributed by atoms with Crippen molar-refractivity contribution in [1.82, 2.24) is 5.32 Å². The van der Waals surface area contributed by atoms with E-state index in [1.807, 2.05) is 0 Å². The second-order valence-corrected chi connectivity index (χ2v) is 10.1. The lowest BCUT2D eigenvalue weighted by Crippen LogP contribution is -2.37. The minimum Gasteiger partial charge on any atom is -0.347 e. The second-order valence-electron chi connectivity index (χ2n) is 8.45. The lowest BCUT2D eigenvalue weighted by molar-refractivity contribution is -0.140. The lowest BCUT2D eigenvalue weighted by Gasteiger charge is -2.19. The molecule has 2 atom stereocenters. The second kappa shape index (κ2) is 12.7. The number of halogens is 13. The normalized spacial score (nSPS) is 14.6. The maximum atomic E-state index is 15.0. The average Bonchev–Trinajstić information content (AvgIpc) is 2.81. The van der Waals surface area contributed by atoms with E-state index in [0.717, 1.165) is 19.1 Å². The number of nitrogens with one attached hydrogen (secondary N) is 1. The molecule has 1 unspecified atom stereocenters. The summed E-state index contributed by atoms with van der Waals surface area (Å²) in [4.78, 5) is 24.3. The SMILES string of the molecule is C[C@@H](CC(=O)c1ccc(/C(F)=C/C(c2cc(Cl)c(Br)c(Cl)c2)C(F)(F)F)cc1C(F)(F)F)C(=O)NCC(F)(F)F. The molecule has 2 aromatic rings. The van der Waals surface area contributed by atoms with E-state index in [4.69, 9.17) is 23.2 Å². The Kier molecular flexibility index (Phi) is 10.7. The van der Waals surface area contributed by atoms with Gasteiger partial charge in [-0.25, -0.2) is 4.39 Å². The van der Waals surface area contributed by atoms with E-state index in [0.29, 0.717) is 12.1 Å². The van der Waals surface area contributed by atoms with Crippen molar-refractivity contribution in [3.05, 3.63) is 73.2 Å². The van der Waals surface area contributed by atoms with E-state index < -0.39 is 83.1 Å². The largest absolute Gasteiger partial charge is 0.417 e. The van der Waals surface area contributed by atoms with Crippen molar-refractivity contribution in [1.29, 1.82) is 0 Å². The van der Waals surface area contributed by atoms with Crippen molar-refractivity contribution in [3.63, 3.8) is 0 Å². The Labute approximate surface area is 238 Å². The van der Waals surface area contributed by atoms with E-state index in [1.165, 1.54) is 5.32 Å². The number of hydrogen-bond acceptors (Lipinski definition) is 2. The summed E-state index contributed by atoms with van der Waals surface area (Å²) in [5, 5.41) is 1.01. The van der Waals surface area contributed by atoms with Crippen molar-refractivity contribution in [3.8, 4) is 0 Å². The molecule has 220 valence electrons. The molecule has 0 radical (unpaired) electrons. The Morgan fingerprint density at radius 2 is 1.52 bits per heavy atom. The maximum Gasteiger partial charge on any atom is 0.417 e. The minimum absolute atomic E-state index is 0.0138. The number of Topliss-reactive ketones (excluding diaryl/α,β-unsaturated/α-hetero) is 1. The summed E-state index contributed by atoms with van der Waals surface area (Å²) in [6.45, 7) is -0.721. The summed E-state index contributed by atoms with van der Waals surface area (Å²) < 4.78 is 134. The van der Waals surface area contributed by atoms with Crippen LogP contribution in [-0.4, -0.2) is 30.6 Å². The van der Waals surface area contributed by atoms with Crippen LogP contribution in [0.15, 0.2) is 40.9 Å². The minimum atomic E-state index is -5.29. The van der Waals surface area contributed by atoms with Gasteiger partial charge >= 0.3 is 18.5 Å². The van der Waals surface area contributed by atoms with Gasteiger partial charge < -0.3 is 5.32 Å². The number of carbonyl (C=O) groups is 2. The van der Waals surface area contributed by atoms with Gasteiger partial charge in [-0.2, -0.15) is 39.5 Å². The van der Waals surface area contributed by atoms with Gasteiger partial charge in [0.05, 0.1) is 20.1 Å². The van der Waals surface area contributed by atoms with Crippen LogP contribution in [0.1, 0.15) is 46.3 Å². The van der Waals surface area contributed by atoms with E-state index in [-0.39, 0.29) is 26.7 Å². The number of benzene rings is 2. The first-order chi connectivity index (χ1) is 18.1. The lowest BCUT2D eigenvalue weighted by atomic mass is 9.92. The molecule has 3 nitrogen and oxygen atoms in total. The molecule has 0 bridgehead atoms. The molecule has 16 heteroatoms. The molecule has 1 N–H and O–H groups in total. The number of carbonyl (C=O) groups excluding carboxylic acids is 2. The zero-order chi connectivity index (χ0) is 30.8. The third kappa shape index (κ3) is 9.10. The highest BCUT2D eigenvalue weighted by atomic mass is 79.9. The van der Waals surface area contributed by atoms with E-state index >= 15 is 0 Å². The van der Waals surface area contributed by atoms with Gasteiger partial charge in [-0.15, -0.1) is 0 Å². The quantitative estimate of drug-likeness (QED) is 0.171. The molecular formula is C24H16BrCl2F10NO2. The topological polar surface area (TPSA) is 46.2 Å². The fraction of sp³-hybridized carbons (Fsp3) is 0.333. The zero-order valence-corrected chi connectivity index (χ0v) is 22.9. The Hall–Kier alpha value is -2.32. The molecule has 0 aliphatic heterocycles. The van der Waals surface area contributed by atoms with Crippen molar-refractivity contribution in [2.75, 3.05) is 6.54 Å². The van der Waals surface area contributed by atoms with Crippen LogP contribution in [0.3, 0.4) is 0 Å². The highest BCUT2D eigenvalue weighted by Gasteiger charge is 2.41. The number of amides is 1. The summed E-state index contributed by atoms with van der Waals surface area (Å²) in [7, 11) is 0. The fourth-order valence-corrected chi connectivity index (χ4v) is 4.12. The molecule has 0 heterocycles. The molecule has 1 amide bonds. The van der Waals surface area contributed by atoms with Crippen molar-refractivity contribution >= 4 is 56.6 Å². The van der Waals surface area contributed by atoms with Crippen molar-refractivity contribution in [2.45, 2.75) is 37.8 Å². The number of rotatable bonds is 8. The summed E-state index contributed by atoms with van der Waals surface area (Å²) >= 11 is 14.6. The zero-order valence-electron chi connectivity index (χ0n) is 19.8. The molecule has 2 aromatic carbocycles. The Bertz CT molecular complexity index is 1280. The number of hydrogen-bond donors (Lipinski definition) is 1. The van der Waals surface area contributed by atoms with Crippen molar-refractivity contribution < 1.29 is 53.5 Å². The van der Waals surface area contributed by atoms with Crippen LogP contribution < -0.4 is 5.32 Å². The summed E-state index contributed by atoms with van der Waals surface area (Å²) in [6.07, 6.45) is -16.1. The monoisotopic (exact) mass is 689 g/mol. The predicted molar refractivity (Wildman–Crippen MR) is 131 cm³/mol. The Balaban J connectivity index is 2.45. The van der Waals surface area contributed by atoms with Crippen LogP contribution in [0.5, 0.6) is 0 Å². The van der Waals surface area contributed by atoms with Crippen LogP contribution >= 0.6 is 39.1 Å². The van der Waals surface area contributed by atoms with Gasteiger partial charge in [0.15, 0.2) is 5.78 Å². The van der Waals surface area contributed by atoms with E-state index in [1.54, 1.807) is 0 Å². The molecule has 0 saturated carbocycles. The van der Waals surface area contributed by atoms with Gasteiger partial charge in [-0.3, -0.25) is 9.59 Å². The van der Waals surface area contributed by atoms with Gasteiger partial charge in [-0.1, -0.05) is 42.3 Å². The van der Waals surface area contributed by atoms with Gasteiger partial charge in [0.1, 0.15) is 18.3 Å². The number of ketones is 1. The van der Waals surface area contributed by atoms with Crippen LogP contribution in [0.2, 0.25) is 10.0 Å². The smallest absolute Gasteiger partial charge is 0.347 e. The van der Waals surface area contributed by atoms with Gasteiger partial charge in [0.2, 0.25) is 5.91 Å². The molecule has 0 fully saturated rings. The first kappa shape index (κ1) is 33.9. The highest BCUT2D eigenvalue weighted by molar-refractivity contribution is 9.10. The predicted octanol–water partition coefficient (Wildman–Crippen LogP) is 9.32. The first-order valence-corrected chi connectivity index (χ1v) is 12.3. The average molecular weight is 691 g/mol. The maximum absolute atomic E-state index is 15.0. The van der Waals surface area contributed by atoms with Gasteiger partial charge in [0.25, 0.3) is 0 Å². The van der Waals surface area contributed by atoms with Gasteiger partial charge in [0, 0.05) is 23.5 Å². The summed E-state index contributed by atoms with van der Waals surface area (Å²) in [5.41, 5.74) is -4.34. The molecule has 40 heavy (non-hydrogen) atoms. The summed E-state index contributed by atoms with van der Waals surface area (Å²) in [6, 6.07) is 2.92. The third-order valence-corrected chi connectivity index (χ3v) is 7.24. The number of allylic oxidation sites excluding steroid dienone is 1. The fourth-order valence-electron chi connectivity index (χ4n) is 3.39. The Morgan fingerprint density at radius 1 is 0.975 bits per heavy atom. The first-order valence-electron chi connectivity index (χ1n) is 10.8. The molecule has 0 saturated heterocycles. The van der Waals surface area contributed by atoms with E-state index in [9.17, 15) is 53.5 Å². The molecule has 0 aliphatic carbocycles. The van der Waals surface area contributed by atoms with Crippen LogP contribution in [0.4, 0.5) is 43.9 Å². The molecule has 0 aliphatic rings. The molecule has 2 rings (SSSR count). The van der Waals surface area contributed by atoms with Gasteiger partial charge in [-0.05, 0) is 45.8 Å². The molecule has 0 spiro atoms. The van der Waals surface area contributed by atoms with E-state index in [2.05, 4.69) is 15.9 Å². The molecular weight excluding hydrogens is 675 g/mol. The third-order valence-electron chi connectivity index (χ3n) is 5.33. The standard InChI is InChI=1S/C24H16BrCl2F10NO2/c1-10(21(40)38-9-22(29,30)31)4-19(39)13-3-2-11(5-15(13)24(35,36)37)18(28)8-14(23(32,33)34)12-6-16(26)20(25)17(27)7-12/h2-3,5-8,10,14H,4,9H2,1H3,(H,38,40)/b18-8-/t10-,14?/m0/s1. The van der Waals surface area contributed by atoms with Crippen LogP contribution in [0.25, 0.3) is 5.83 Å². The summed E-state index contributed by atoms with van der Waals surface area (Å²) in [5.74, 6) is -8.44. The highest BCUT2D eigenvalue weighted by Crippen LogP contribution is 2.43. The molecule has 0 aromatic heterocycles. The number of alkyl halides is 9. The van der Waals surface area contributed by atoms with Crippen molar-refractivity contribution in [2.24, 2.45) is 5.92 Å². The Morgan fingerprint density at radius 3 is 2.00 bits per heavy atom.